The minimum Gasteiger partial charge on any atom is -0.376 e. The van der Waals surface area contributed by atoms with E-state index in [2.05, 4.69) is 23.6 Å². The standard InChI is InChI=1S/C20H41O5P/c1-3-4-5-6-7-8-9-10-11-12-13-14-15-16-17-20(2)24-18-19-25-26(21,22)23/h10-11,20H,3-9,12-19H2,1-2H3,(H2,21,22,23)/b11-10-. The Balaban J connectivity index is 3.27. The van der Waals surface area contributed by atoms with Crippen LogP contribution in [0.25, 0.3) is 0 Å². The second-order valence-corrected chi connectivity index (χ2v) is 8.26. The van der Waals surface area contributed by atoms with Crippen LogP contribution in [0.5, 0.6) is 0 Å². The molecule has 0 heterocycles. The molecule has 2 N–H and O–H groups in total. The van der Waals surface area contributed by atoms with Crippen molar-refractivity contribution in [1.82, 2.24) is 0 Å². The van der Waals surface area contributed by atoms with E-state index in [4.69, 9.17) is 14.5 Å². The lowest BCUT2D eigenvalue weighted by atomic mass is 10.1. The van der Waals surface area contributed by atoms with E-state index in [9.17, 15) is 4.57 Å². The van der Waals surface area contributed by atoms with Crippen LogP contribution in [0.2, 0.25) is 0 Å². The van der Waals surface area contributed by atoms with Gasteiger partial charge in [-0.25, -0.2) is 4.57 Å². The average molecular weight is 393 g/mol. The number of allylic oxidation sites excluding steroid dienone is 2. The van der Waals surface area contributed by atoms with Crippen molar-refractivity contribution in [1.29, 1.82) is 0 Å². The van der Waals surface area contributed by atoms with Crippen molar-refractivity contribution in [2.45, 2.75) is 103 Å². The fourth-order valence-corrected chi connectivity index (χ4v) is 3.13. The Bertz CT molecular complexity index is 367. The smallest absolute Gasteiger partial charge is 0.376 e. The van der Waals surface area contributed by atoms with E-state index in [1.165, 1.54) is 70.6 Å². The Morgan fingerprint density at radius 1 is 0.846 bits per heavy atom. The largest absolute Gasteiger partial charge is 0.469 e. The van der Waals surface area contributed by atoms with Crippen molar-refractivity contribution in [2.75, 3.05) is 13.2 Å². The Hall–Kier alpha value is -0.190. The third-order valence-corrected chi connectivity index (χ3v) is 4.89. The zero-order valence-electron chi connectivity index (χ0n) is 16.9. The maximum absolute atomic E-state index is 10.5. The van der Waals surface area contributed by atoms with Crippen molar-refractivity contribution >= 4 is 7.82 Å². The topological polar surface area (TPSA) is 76.0 Å². The van der Waals surface area contributed by atoms with Crippen molar-refractivity contribution in [3.8, 4) is 0 Å². The number of rotatable bonds is 19. The third kappa shape index (κ3) is 21.9. The molecule has 0 aliphatic carbocycles. The Labute approximate surface area is 160 Å². The fraction of sp³-hybridized carbons (Fsp3) is 0.900. The lowest BCUT2D eigenvalue weighted by Gasteiger charge is -2.13. The maximum atomic E-state index is 10.5. The van der Waals surface area contributed by atoms with Gasteiger partial charge in [0.15, 0.2) is 0 Å². The van der Waals surface area contributed by atoms with Gasteiger partial charge in [0.25, 0.3) is 0 Å². The van der Waals surface area contributed by atoms with Gasteiger partial charge in [-0.05, 0) is 39.0 Å². The van der Waals surface area contributed by atoms with Gasteiger partial charge in [-0.15, -0.1) is 0 Å². The Kier molecular flexibility index (Phi) is 18.1. The van der Waals surface area contributed by atoms with Crippen molar-refractivity contribution < 1.29 is 23.6 Å². The van der Waals surface area contributed by atoms with Gasteiger partial charge in [0.2, 0.25) is 0 Å². The molecule has 0 aliphatic rings. The highest BCUT2D eigenvalue weighted by Crippen LogP contribution is 2.35. The van der Waals surface area contributed by atoms with E-state index < -0.39 is 7.82 Å². The average Bonchev–Trinajstić information content (AvgIpc) is 2.58. The molecule has 0 fully saturated rings. The lowest BCUT2D eigenvalue weighted by Crippen LogP contribution is -2.12. The third-order valence-electron chi connectivity index (χ3n) is 4.37. The van der Waals surface area contributed by atoms with Gasteiger partial charge in [-0.3, -0.25) is 4.52 Å². The summed E-state index contributed by atoms with van der Waals surface area (Å²) < 4.78 is 20.3. The summed E-state index contributed by atoms with van der Waals surface area (Å²) >= 11 is 0. The highest BCUT2D eigenvalue weighted by molar-refractivity contribution is 7.46. The molecule has 0 spiro atoms. The number of hydrogen-bond acceptors (Lipinski definition) is 3. The minimum absolute atomic E-state index is 0.0697. The van der Waals surface area contributed by atoms with Gasteiger partial charge in [0.05, 0.1) is 19.3 Å². The first-order valence-corrected chi connectivity index (χ1v) is 12.0. The van der Waals surface area contributed by atoms with E-state index in [-0.39, 0.29) is 19.3 Å². The summed E-state index contributed by atoms with van der Waals surface area (Å²) in [6, 6.07) is 0. The first-order valence-electron chi connectivity index (χ1n) is 10.4. The molecule has 0 bridgehead atoms. The molecule has 0 aromatic carbocycles. The van der Waals surface area contributed by atoms with Gasteiger partial charge in [-0.2, -0.15) is 0 Å². The zero-order chi connectivity index (χ0) is 19.5. The molecular formula is C20H41O5P. The van der Waals surface area contributed by atoms with Crippen LogP contribution in [0.3, 0.4) is 0 Å². The summed E-state index contributed by atoms with van der Waals surface area (Å²) in [4.78, 5) is 17.1. The quantitative estimate of drug-likeness (QED) is 0.157. The van der Waals surface area contributed by atoms with Crippen molar-refractivity contribution in [3.05, 3.63) is 12.2 Å². The normalized spacial score (nSPS) is 13.5. The Morgan fingerprint density at radius 3 is 1.96 bits per heavy atom. The van der Waals surface area contributed by atoms with Crippen molar-refractivity contribution in [2.24, 2.45) is 0 Å². The Morgan fingerprint density at radius 2 is 1.38 bits per heavy atom. The van der Waals surface area contributed by atoms with Crippen molar-refractivity contribution in [3.63, 3.8) is 0 Å². The number of unbranched alkanes of at least 4 members (excludes halogenated alkanes) is 10. The molecule has 0 saturated carbocycles. The molecule has 0 saturated heterocycles. The summed E-state index contributed by atoms with van der Waals surface area (Å²) in [6.07, 6.45) is 21.2. The highest BCUT2D eigenvalue weighted by Gasteiger charge is 2.13. The first-order chi connectivity index (χ1) is 12.5. The molecule has 1 atom stereocenters. The number of ether oxygens (including phenoxy) is 1. The molecule has 0 radical (unpaired) electrons. The molecule has 0 aromatic heterocycles. The van der Waals surface area contributed by atoms with Crippen LogP contribution in [0.1, 0.15) is 97.3 Å². The van der Waals surface area contributed by atoms with Crippen LogP contribution >= 0.6 is 7.82 Å². The molecule has 5 nitrogen and oxygen atoms in total. The summed E-state index contributed by atoms with van der Waals surface area (Å²) in [6.45, 7) is 4.39. The molecule has 26 heavy (non-hydrogen) atoms. The SMILES string of the molecule is CCCCCCCC/C=C\CCCCCCC(C)OCCOP(=O)(O)O. The van der Waals surface area contributed by atoms with Crippen LogP contribution in [0.4, 0.5) is 0 Å². The number of hydrogen-bond donors (Lipinski definition) is 2. The summed E-state index contributed by atoms with van der Waals surface area (Å²) in [7, 11) is -4.36. The van der Waals surface area contributed by atoms with Crippen LogP contribution in [0, 0.1) is 0 Å². The van der Waals surface area contributed by atoms with Crippen LogP contribution in [-0.4, -0.2) is 29.1 Å². The second-order valence-electron chi connectivity index (χ2n) is 7.02. The van der Waals surface area contributed by atoms with Crippen LogP contribution in [-0.2, 0) is 13.8 Å². The molecule has 1 unspecified atom stereocenters. The van der Waals surface area contributed by atoms with E-state index >= 15 is 0 Å². The molecule has 0 rings (SSSR count). The molecule has 0 aromatic rings. The fourth-order valence-electron chi connectivity index (χ4n) is 2.81. The zero-order valence-corrected chi connectivity index (χ0v) is 17.8. The summed E-state index contributed by atoms with van der Waals surface area (Å²) in [5.41, 5.74) is 0. The monoisotopic (exact) mass is 392 g/mol. The molecule has 6 heteroatoms. The van der Waals surface area contributed by atoms with Gasteiger partial charge in [-0.1, -0.05) is 70.4 Å². The van der Waals surface area contributed by atoms with Gasteiger partial charge in [0, 0.05) is 0 Å². The van der Waals surface area contributed by atoms with Gasteiger partial charge >= 0.3 is 7.82 Å². The number of phosphoric ester groups is 1. The highest BCUT2D eigenvalue weighted by atomic mass is 31.2. The molecule has 0 amide bonds. The lowest BCUT2D eigenvalue weighted by molar-refractivity contribution is 0.0318. The maximum Gasteiger partial charge on any atom is 0.469 e. The van der Waals surface area contributed by atoms with E-state index in [0.29, 0.717) is 0 Å². The van der Waals surface area contributed by atoms with E-state index in [1.54, 1.807) is 0 Å². The van der Waals surface area contributed by atoms with Gasteiger partial charge < -0.3 is 14.5 Å². The predicted molar refractivity (Wildman–Crippen MR) is 108 cm³/mol. The predicted octanol–water partition coefficient (Wildman–Crippen LogP) is 6.15. The van der Waals surface area contributed by atoms with E-state index in [0.717, 1.165) is 12.8 Å². The minimum atomic E-state index is -4.36. The summed E-state index contributed by atoms with van der Waals surface area (Å²) in [5, 5.41) is 0. The summed E-state index contributed by atoms with van der Waals surface area (Å²) in [5.74, 6) is 0. The first kappa shape index (κ1) is 25.8. The second kappa shape index (κ2) is 18.2. The van der Waals surface area contributed by atoms with Crippen LogP contribution < -0.4 is 0 Å². The molecule has 0 aliphatic heterocycles. The van der Waals surface area contributed by atoms with Crippen LogP contribution in [0.15, 0.2) is 12.2 Å². The van der Waals surface area contributed by atoms with Gasteiger partial charge in [0.1, 0.15) is 0 Å². The van der Waals surface area contributed by atoms with E-state index in [1.807, 2.05) is 6.92 Å². The molecular weight excluding hydrogens is 351 g/mol. The molecule has 156 valence electrons. The number of phosphoric acid groups is 1.